The van der Waals surface area contributed by atoms with E-state index in [-0.39, 0.29) is 0 Å². The van der Waals surface area contributed by atoms with Crippen molar-refractivity contribution < 1.29 is 8.97 Å². The zero-order valence-corrected chi connectivity index (χ0v) is 19.7. The van der Waals surface area contributed by atoms with Crippen LogP contribution in [0.5, 0.6) is 0 Å². The first-order valence-electron chi connectivity index (χ1n) is 10.8. The summed E-state index contributed by atoms with van der Waals surface area (Å²) in [6.45, 7) is 18.1. The number of hydrogen-bond acceptors (Lipinski definition) is 0. The summed E-state index contributed by atoms with van der Waals surface area (Å²) in [6.07, 6.45) is 11.1. The van der Waals surface area contributed by atoms with Crippen LogP contribution in [0.2, 0.25) is 0 Å². The minimum atomic E-state index is 0.353. The van der Waals surface area contributed by atoms with Gasteiger partial charge in [0.05, 0.1) is 53.4 Å². The lowest BCUT2D eigenvalue weighted by atomic mass is 9.89. The van der Waals surface area contributed by atoms with Crippen molar-refractivity contribution in [2.24, 2.45) is 5.41 Å². The van der Waals surface area contributed by atoms with Gasteiger partial charge in [-0.2, -0.15) is 0 Å². The fourth-order valence-electron chi connectivity index (χ4n) is 3.22. The van der Waals surface area contributed by atoms with Crippen LogP contribution >= 0.6 is 0 Å². The van der Waals surface area contributed by atoms with Crippen molar-refractivity contribution in [3.63, 3.8) is 0 Å². The SMILES string of the molecule is CC(C)(C)CCCCC[N+](C)(C)CCCCCC[N+](C)(C)C(C)(C)C. The van der Waals surface area contributed by atoms with Crippen molar-refractivity contribution in [1.82, 2.24) is 0 Å². The smallest absolute Gasteiger partial charge is 0.0903 e. The molecule has 0 radical (unpaired) electrons. The molecule has 25 heavy (non-hydrogen) atoms. The van der Waals surface area contributed by atoms with E-state index < -0.39 is 0 Å². The van der Waals surface area contributed by atoms with Crippen molar-refractivity contribution >= 4 is 0 Å². The van der Waals surface area contributed by atoms with Gasteiger partial charge in [-0.3, -0.25) is 0 Å². The Morgan fingerprint density at radius 1 is 0.520 bits per heavy atom. The molecule has 152 valence electrons. The maximum atomic E-state index is 2.42. The summed E-state index contributed by atoms with van der Waals surface area (Å²) in [4.78, 5) is 0. The van der Waals surface area contributed by atoms with E-state index in [1.54, 1.807) is 0 Å². The first-order valence-corrected chi connectivity index (χ1v) is 10.8. The lowest BCUT2D eigenvalue weighted by molar-refractivity contribution is -0.935. The number of quaternary nitrogens is 2. The first-order chi connectivity index (χ1) is 11.2. The fourth-order valence-corrected chi connectivity index (χ4v) is 3.22. The summed E-state index contributed by atoms with van der Waals surface area (Å²) in [5, 5.41) is 0. The summed E-state index contributed by atoms with van der Waals surface area (Å²) < 4.78 is 2.34. The molecule has 0 aliphatic heterocycles. The highest BCUT2D eigenvalue weighted by Gasteiger charge is 2.30. The van der Waals surface area contributed by atoms with Crippen LogP contribution in [-0.4, -0.2) is 62.3 Å². The molecule has 0 aliphatic carbocycles. The molecule has 2 nitrogen and oxygen atoms in total. The lowest BCUT2D eigenvalue weighted by Crippen LogP contribution is -2.54. The van der Waals surface area contributed by atoms with Crippen LogP contribution in [0, 0.1) is 5.41 Å². The molecule has 0 amide bonds. The summed E-state index contributed by atoms with van der Waals surface area (Å²) in [5.41, 5.74) is 0.858. The van der Waals surface area contributed by atoms with Crippen molar-refractivity contribution in [1.29, 1.82) is 0 Å². The average molecular weight is 357 g/mol. The minimum Gasteiger partial charge on any atom is -0.328 e. The Bertz CT molecular complexity index is 342. The second kappa shape index (κ2) is 10.3. The predicted octanol–water partition coefficient (Wildman–Crippen LogP) is 6.10. The van der Waals surface area contributed by atoms with Gasteiger partial charge in [-0.05, 0) is 71.1 Å². The standard InChI is InChI=1S/C23H52N2/c1-22(2,3)18-14-13-16-20-24(7,8)19-15-11-12-17-21-25(9,10)23(4,5)6/h11-21H2,1-10H3/q+2. The summed E-state index contributed by atoms with van der Waals surface area (Å²) in [5.74, 6) is 0. The summed E-state index contributed by atoms with van der Waals surface area (Å²) in [6, 6.07) is 0. The van der Waals surface area contributed by atoms with Gasteiger partial charge in [0.15, 0.2) is 0 Å². The molecule has 0 unspecified atom stereocenters. The largest absolute Gasteiger partial charge is 0.328 e. The third-order valence-electron chi connectivity index (χ3n) is 6.24. The van der Waals surface area contributed by atoms with Gasteiger partial charge in [-0.15, -0.1) is 0 Å². The Balaban J connectivity index is 3.76. The van der Waals surface area contributed by atoms with Gasteiger partial charge in [-0.25, -0.2) is 0 Å². The Hall–Kier alpha value is -0.0800. The van der Waals surface area contributed by atoms with Gasteiger partial charge in [-0.1, -0.05) is 27.2 Å². The van der Waals surface area contributed by atoms with E-state index in [4.69, 9.17) is 0 Å². The highest BCUT2D eigenvalue weighted by molar-refractivity contribution is 4.61. The summed E-state index contributed by atoms with van der Waals surface area (Å²) in [7, 11) is 9.59. The molecule has 0 atom stereocenters. The van der Waals surface area contributed by atoms with E-state index in [1.807, 2.05) is 0 Å². The van der Waals surface area contributed by atoms with Crippen LogP contribution < -0.4 is 0 Å². The molecule has 2 heteroatoms. The van der Waals surface area contributed by atoms with Gasteiger partial charge in [0, 0.05) is 0 Å². The zero-order valence-electron chi connectivity index (χ0n) is 19.7. The van der Waals surface area contributed by atoms with E-state index in [9.17, 15) is 0 Å². The van der Waals surface area contributed by atoms with Crippen LogP contribution in [0.25, 0.3) is 0 Å². The molecular weight excluding hydrogens is 304 g/mol. The first kappa shape index (κ1) is 24.9. The Labute approximate surface area is 161 Å². The normalized spacial score (nSPS) is 14.2. The molecule has 0 aromatic carbocycles. The number of nitrogens with zero attached hydrogens (tertiary/aromatic N) is 2. The average Bonchev–Trinajstić information content (AvgIpc) is 2.39. The van der Waals surface area contributed by atoms with Gasteiger partial charge in [0.25, 0.3) is 0 Å². The third kappa shape index (κ3) is 12.8. The molecule has 0 heterocycles. The maximum Gasteiger partial charge on any atom is 0.0903 e. The predicted molar refractivity (Wildman–Crippen MR) is 115 cm³/mol. The minimum absolute atomic E-state index is 0.353. The van der Waals surface area contributed by atoms with E-state index in [2.05, 4.69) is 69.7 Å². The fraction of sp³-hybridized carbons (Fsp3) is 1.00. The number of rotatable bonds is 12. The second-order valence-corrected chi connectivity index (χ2v) is 11.7. The highest BCUT2D eigenvalue weighted by atomic mass is 15.4. The van der Waals surface area contributed by atoms with Crippen LogP contribution in [0.15, 0.2) is 0 Å². The molecule has 0 fully saturated rings. The molecule has 0 spiro atoms. The van der Waals surface area contributed by atoms with Crippen molar-refractivity contribution in [2.45, 2.75) is 98.4 Å². The topological polar surface area (TPSA) is 0 Å². The Morgan fingerprint density at radius 2 is 0.920 bits per heavy atom. The van der Waals surface area contributed by atoms with Crippen molar-refractivity contribution in [3.05, 3.63) is 0 Å². The molecular formula is C23H52N2+2. The van der Waals surface area contributed by atoms with Crippen LogP contribution in [0.3, 0.4) is 0 Å². The van der Waals surface area contributed by atoms with E-state index >= 15 is 0 Å². The Morgan fingerprint density at radius 3 is 1.32 bits per heavy atom. The zero-order chi connectivity index (χ0) is 19.8. The lowest BCUT2D eigenvalue weighted by Gasteiger charge is -2.42. The third-order valence-corrected chi connectivity index (χ3v) is 6.24. The molecule has 0 saturated heterocycles. The number of hydrogen-bond donors (Lipinski definition) is 0. The quantitative estimate of drug-likeness (QED) is 0.292. The maximum absolute atomic E-state index is 2.42. The second-order valence-electron chi connectivity index (χ2n) is 11.7. The molecule has 0 aromatic rings. The molecule has 0 aromatic heterocycles. The highest BCUT2D eigenvalue weighted by Crippen LogP contribution is 2.22. The van der Waals surface area contributed by atoms with Crippen molar-refractivity contribution in [2.75, 3.05) is 47.8 Å². The van der Waals surface area contributed by atoms with Gasteiger partial charge in [0.1, 0.15) is 0 Å². The van der Waals surface area contributed by atoms with Crippen LogP contribution in [-0.2, 0) is 0 Å². The van der Waals surface area contributed by atoms with Gasteiger partial charge >= 0.3 is 0 Å². The molecule has 0 bridgehead atoms. The Kier molecular flexibility index (Phi) is 10.3. The van der Waals surface area contributed by atoms with E-state index in [0.29, 0.717) is 11.0 Å². The molecule has 0 aliphatic rings. The van der Waals surface area contributed by atoms with Crippen molar-refractivity contribution in [3.8, 4) is 0 Å². The van der Waals surface area contributed by atoms with E-state index in [0.717, 1.165) is 4.48 Å². The molecule has 0 saturated carbocycles. The van der Waals surface area contributed by atoms with E-state index in [1.165, 1.54) is 75.5 Å². The number of unbranched alkanes of at least 4 members (excludes halogenated alkanes) is 5. The monoisotopic (exact) mass is 356 g/mol. The molecule has 0 rings (SSSR count). The van der Waals surface area contributed by atoms with Crippen LogP contribution in [0.1, 0.15) is 92.9 Å². The summed E-state index contributed by atoms with van der Waals surface area (Å²) >= 11 is 0. The molecule has 0 N–H and O–H groups in total. The van der Waals surface area contributed by atoms with Gasteiger partial charge in [0.2, 0.25) is 0 Å². The van der Waals surface area contributed by atoms with Gasteiger partial charge < -0.3 is 8.97 Å². The van der Waals surface area contributed by atoms with Crippen LogP contribution in [0.4, 0.5) is 0 Å².